The minimum absolute atomic E-state index is 0.0857. The molecule has 0 saturated heterocycles. The molecule has 0 heterocycles. The Labute approximate surface area is 108 Å². The molecule has 0 saturated carbocycles. The van der Waals surface area contributed by atoms with Gasteiger partial charge in [0.15, 0.2) is 23.3 Å². The fourth-order valence-electron chi connectivity index (χ4n) is 1.38. The molecule has 106 valence electrons. The normalized spacial score (nSPS) is 12.3. The van der Waals surface area contributed by atoms with E-state index < -0.39 is 40.8 Å². The summed E-state index contributed by atoms with van der Waals surface area (Å²) in [5.41, 5.74) is -1.11. The zero-order valence-electron chi connectivity index (χ0n) is 10.5. The number of amides is 1. The molecular formula is C12H14F4N2O. The zero-order chi connectivity index (χ0) is 14.6. The van der Waals surface area contributed by atoms with Crippen LogP contribution >= 0.6 is 0 Å². The smallest absolute Gasteiger partial charge is 0.228 e. The second kappa shape index (κ2) is 6.51. The molecule has 0 aliphatic carbocycles. The van der Waals surface area contributed by atoms with Crippen LogP contribution in [0.2, 0.25) is 0 Å². The van der Waals surface area contributed by atoms with E-state index in [1.165, 1.54) is 6.92 Å². The maximum absolute atomic E-state index is 13.3. The van der Waals surface area contributed by atoms with Gasteiger partial charge in [0.05, 0.1) is 0 Å². The number of benzene rings is 1. The molecule has 0 aromatic heterocycles. The number of nitrogens with one attached hydrogen (secondary N) is 2. The van der Waals surface area contributed by atoms with E-state index >= 15 is 0 Å². The van der Waals surface area contributed by atoms with E-state index in [1.807, 2.05) is 12.2 Å². The first-order valence-electron chi connectivity index (χ1n) is 5.73. The Kier molecular flexibility index (Phi) is 5.29. The summed E-state index contributed by atoms with van der Waals surface area (Å²) in [6, 6.07) is 0.0857. The Balaban J connectivity index is 2.91. The molecule has 1 amide bonds. The van der Waals surface area contributed by atoms with E-state index in [1.54, 1.807) is 0 Å². The highest BCUT2D eigenvalue weighted by Crippen LogP contribution is 2.24. The minimum atomic E-state index is -1.62. The van der Waals surface area contributed by atoms with Crippen molar-refractivity contribution >= 4 is 11.6 Å². The Hall–Kier alpha value is -1.63. The molecule has 3 nitrogen and oxygen atoms in total. The van der Waals surface area contributed by atoms with Gasteiger partial charge in [-0.1, -0.05) is 13.8 Å². The maximum atomic E-state index is 13.3. The monoisotopic (exact) mass is 278 g/mol. The van der Waals surface area contributed by atoms with Crippen LogP contribution in [-0.2, 0) is 4.79 Å². The minimum Gasteiger partial charge on any atom is -0.321 e. The summed E-state index contributed by atoms with van der Waals surface area (Å²) in [5, 5.41) is 4.73. The average molecular weight is 278 g/mol. The molecule has 0 spiro atoms. The number of carbonyl (C=O) groups excluding carboxylic acids is 1. The molecule has 0 aliphatic rings. The second-order valence-electron chi connectivity index (χ2n) is 4.04. The largest absolute Gasteiger partial charge is 0.321 e. The molecule has 7 heteroatoms. The highest BCUT2D eigenvalue weighted by atomic mass is 19.2. The van der Waals surface area contributed by atoms with Gasteiger partial charge in [0.25, 0.3) is 0 Å². The standard InChI is InChI=1S/C12H14F4N2O/c1-3-17-5-6(2)12(19)18-11-9(15)7(13)4-8(14)10(11)16/h4,6,17H,3,5H2,1-2H3,(H,18,19). The summed E-state index contributed by atoms with van der Waals surface area (Å²) in [6.45, 7) is 4.24. The number of rotatable bonds is 5. The van der Waals surface area contributed by atoms with Crippen molar-refractivity contribution < 1.29 is 22.4 Å². The van der Waals surface area contributed by atoms with Gasteiger partial charge in [-0.05, 0) is 6.54 Å². The van der Waals surface area contributed by atoms with Crippen molar-refractivity contribution in [1.29, 1.82) is 0 Å². The van der Waals surface area contributed by atoms with Crippen molar-refractivity contribution in [2.45, 2.75) is 13.8 Å². The summed E-state index contributed by atoms with van der Waals surface area (Å²) in [6.07, 6.45) is 0. The number of hydrogen-bond acceptors (Lipinski definition) is 2. The van der Waals surface area contributed by atoms with E-state index in [9.17, 15) is 22.4 Å². The van der Waals surface area contributed by atoms with Crippen LogP contribution in [0.1, 0.15) is 13.8 Å². The first-order chi connectivity index (χ1) is 8.88. The van der Waals surface area contributed by atoms with Crippen LogP contribution in [0.5, 0.6) is 0 Å². The van der Waals surface area contributed by atoms with Gasteiger partial charge in [0.2, 0.25) is 5.91 Å². The highest BCUT2D eigenvalue weighted by molar-refractivity contribution is 5.92. The number of carbonyl (C=O) groups is 1. The van der Waals surface area contributed by atoms with E-state index in [-0.39, 0.29) is 12.6 Å². The van der Waals surface area contributed by atoms with Crippen LogP contribution in [0.3, 0.4) is 0 Å². The second-order valence-corrected chi connectivity index (χ2v) is 4.04. The Morgan fingerprint density at radius 1 is 1.21 bits per heavy atom. The fraction of sp³-hybridized carbons (Fsp3) is 0.417. The highest BCUT2D eigenvalue weighted by Gasteiger charge is 2.22. The summed E-state index contributed by atoms with van der Waals surface area (Å²) in [4.78, 5) is 11.6. The lowest BCUT2D eigenvalue weighted by molar-refractivity contribution is -0.119. The predicted molar refractivity (Wildman–Crippen MR) is 62.6 cm³/mol. The van der Waals surface area contributed by atoms with Crippen molar-refractivity contribution in [1.82, 2.24) is 5.32 Å². The molecule has 1 rings (SSSR count). The van der Waals surface area contributed by atoms with E-state index in [0.29, 0.717) is 6.54 Å². The molecule has 0 radical (unpaired) electrons. The van der Waals surface area contributed by atoms with Gasteiger partial charge in [-0.15, -0.1) is 0 Å². The molecule has 1 aromatic rings. The van der Waals surface area contributed by atoms with Gasteiger partial charge in [0, 0.05) is 18.5 Å². The number of hydrogen-bond donors (Lipinski definition) is 2. The third-order valence-corrected chi connectivity index (χ3v) is 2.51. The number of anilines is 1. The Morgan fingerprint density at radius 3 is 2.21 bits per heavy atom. The molecule has 0 aliphatic heterocycles. The fourth-order valence-corrected chi connectivity index (χ4v) is 1.38. The lowest BCUT2D eigenvalue weighted by Gasteiger charge is -2.13. The summed E-state index contributed by atoms with van der Waals surface area (Å²) in [7, 11) is 0. The topological polar surface area (TPSA) is 41.1 Å². The lowest BCUT2D eigenvalue weighted by atomic mass is 10.1. The van der Waals surface area contributed by atoms with Crippen LogP contribution in [-0.4, -0.2) is 19.0 Å². The number of halogens is 4. The predicted octanol–water partition coefficient (Wildman–Crippen LogP) is 2.43. The first kappa shape index (κ1) is 15.4. The van der Waals surface area contributed by atoms with Gasteiger partial charge in [0.1, 0.15) is 5.69 Å². The quantitative estimate of drug-likeness (QED) is 0.641. The summed E-state index contributed by atoms with van der Waals surface area (Å²) in [5.74, 6) is -7.71. The zero-order valence-corrected chi connectivity index (χ0v) is 10.5. The molecule has 1 aromatic carbocycles. The first-order valence-corrected chi connectivity index (χ1v) is 5.73. The SMILES string of the molecule is CCNCC(C)C(=O)Nc1c(F)c(F)cc(F)c1F. The van der Waals surface area contributed by atoms with Crippen LogP contribution in [0, 0.1) is 29.2 Å². The van der Waals surface area contributed by atoms with Crippen LogP contribution in [0.25, 0.3) is 0 Å². The molecule has 0 bridgehead atoms. The summed E-state index contributed by atoms with van der Waals surface area (Å²) < 4.78 is 52.5. The summed E-state index contributed by atoms with van der Waals surface area (Å²) >= 11 is 0. The molecule has 2 N–H and O–H groups in total. The molecule has 1 atom stereocenters. The van der Waals surface area contributed by atoms with Crippen molar-refractivity contribution in [2.24, 2.45) is 5.92 Å². The Morgan fingerprint density at radius 2 is 1.74 bits per heavy atom. The lowest BCUT2D eigenvalue weighted by Crippen LogP contribution is -2.31. The van der Waals surface area contributed by atoms with E-state index in [0.717, 1.165) is 0 Å². The molecule has 0 fully saturated rings. The van der Waals surface area contributed by atoms with E-state index in [2.05, 4.69) is 5.32 Å². The van der Waals surface area contributed by atoms with Crippen molar-refractivity contribution in [3.8, 4) is 0 Å². The third-order valence-electron chi connectivity index (χ3n) is 2.51. The van der Waals surface area contributed by atoms with Crippen molar-refractivity contribution in [3.63, 3.8) is 0 Å². The van der Waals surface area contributed by atoms with Crippen LogP contribution in [0.15, 0.2) is 6.07 Å². The van der Waals surface area contributed by atoms with Crippen LogP contribution < -0.4 is 10.6 Å². The Bertz CT molecular complexity index is 453. The van der Waals surface area contributed by atoms with Gasteiger partial charge in [-0.3, -0.25) is 4.79 Å². The van der Waals surface area contributed by atoms with Crippen molar-refractivity contribution in [2.75, 3.05) is 18.4 Å². The maximum Gasteiger partial charge on any atom is 0.228 e. The average Bonchev–Trinajstić information content (AvgIpc) is 2.38. The molecule has 19 heavy (non-hydrogen) atoms. The van der Waals surface area contributed by atoms with Crippen molar-refractivity contribution in [3.05, 3.63) is 29.3 Å². The molecular weight excluding hydrogens is 264 g/mol. The van der Waals surface area contributed by atoms with Gasteiger partial charge >= 0.3 is 0 Å². The van der Waals surface area contributed by atoms with E-state index in [4.69, 9.17) is 0 Å². The third kappa shape index (κ3) is 3.66. The van der Waals surface area contributed by atoms with Gasteiger partial charge in [-0.2, -0.15) is 0 Å². The van der Waals surface area contributed by atoms with Crippen LogP contribution in [0.4, 0.5) is 23.2 Å². The molecule has 1 unspecified atom stereocenters. The van der Waals surface area contributed by atoms with Gasteiger partial charge in [-0.25, -0.2) is 17.6 Å². The van der Waals surface area contributed by atoms with Gasteiger partial charge < -0.3 is 10.6 Å².